The number of hydrogen-bond acceptors (Lipinski definition) is 2. The molecule has 3 rings (SSSR count). The molecule has 0 bridgehead atoms. The maximum Gasteiger partial charge on any atom is 0.340 e. The molecule has 0 spiro atoms. The van der Waals surface area contributed by atoms with Crippen molar-refractivity contribution in [1.82, 2.24) is 4.98 Å². The van der Waals surface area contributed by atoms with Crippen LogP contribution in [0.1, 0.15) is 41.2 Å². The van der Waals surface area contributed by atoms with Gasteiger partial charge in [0.25, 0.3) is 0 Å². The van der Waals surface area contributed by atoms with Gasteiger partial charge in [-0.25, -0.2) is 9.18 Å². The monoisotopic (exact) mass is 247 g/mol. The Bertz CT molecular complexity index is 614. The van der Waals surface area contributed by atoms with E-state index in [0.717, 1.165) is 25.0 Å². The third-order valence-corrected chi connectivity index (χ3v) is 3.71. The van der Waals surface area contributed by atoms with Crippen molar-refractivity contribution in [3.63, 3.8) is 0 Å². The van der Waals surface area contributed by atoms with Crippen LogP contribution in [0, 0.1) is 5.82 Å². The van der Waals surface area contributed by atoms with Crippen molar-refractivity contribution in [2.75, 3.05) is 7.11 Å². The minimum atomic E-state index is -0.395. The van der Waals surface area contributed by atoms with Crippen molar-refractivity contribution in [3.05, 3.63) is 35.3 Å². The molecule has 0 atom stereocenters. The van der Waals surface area contributed by atoms with E-state index in [1.165, 1.54) is 13.2 Å². The third kappa shape index (κ3) is 1.52. The number of aromatic amines is 1. The maximum atomic E-state index is 13.7. The van der Waals surface area contributed by atoms with Gasteiger partial charge in [0.2, 0.25) is 0 Å². The fourth-order valence-corrected chi connectivity index (χ4v) is 2.53. The lowest BCUT2D eigenvalue weighted by atomic mass is 9.81. The van der Waals surface area contributed by atoms with Crippen LogP contribution in [0.2, 0.25) is 0 Å². The number of fused-ring (bicyclic) bond motifs is 1. The van der Waals surface area contributed by atoms with Gasteiger partial charge in [0.15, 0.2) is 0 Å². The number of ether oxygens (including phenoxy) is 1. The smallest absolute Gasteiger partial charge is 0.340 e. The van der Waals surface area contributed by atoms with Crippen molar-refractivity contribution >= 4 is 16.9 Å². The number of hydrogen-bond donors (Lipinski definition) is 1. The van der Waals surface area contributed by atoms with Gasteiger partial charge in [-0.2, -0.15) is 0 Å². The first kappa shape index (κ1) is 11.3. The Labute approximate surface area is 104 Å². The highest BCUT2D eigenvalue weighted by molar-refractivity contribution is 6.05. The lowest BCUT2D eigenvalue weighted by Crippen LogP contribution is -2.14. The molecule has 1 aromatic heterocycles. The molecule has 18 heavy (non-hydrogen) atoms. The summed E-state index contributed by atoms with van der Waals surface area (Å²) in [4.78, 5) is 15.0. The zero-order valence-electron chi connectivity index (χ0n) is 10.1. The van der Waals surface area contributed by atoms with E-state index in [2.05, 4.69) is 4.98 Å². The molecule has 0 unspecified atom stereocenters. The minimum absolute atomic E-state index is 0.325. The Kier molecular flexibility index (Phi) is 2.58. The molecule has 3 nitrogen and oxygen atoms in total. The molecule has 2 aromatic rings. The van der Waals surface area contributed by atoms with Gasteiger partial charge in [-0.05, 0) is 24.8 Å². The molecule has 0 amide bonds. The first-order valence-electron chi connectivity index (χ1n) is 6.10. The number of carbonyl (C=O) groups excluding carboxylic acids is 1. The van der Waals surface area contributed by atoms with Crippen molar-refractivity contribution in [1.29, 1.82) is 0 Å². The Morgan fingerprint density at radius 3 is 2.83 bits per heavy atom. The van der Waals surface area contributed by atoms with Gasteiger partial charge >= 0.3 is 5.97 Å². The summed E-state index contributed by atoms with van der Waals surface area (Å²) in [5.41, 5.74) is 1.73. The summed E-state index contributed by atoms with van der Waals surface area (Å²) in [6, 6.07) is 4.76. The molecule has 1 aliphatic rings. The lowest BCUT2D eigenvalue weighted by molar-refractivity contribution is 0.0600. The zero-order valence-corrected chi connectivity index (χ0v) is 10.1. The first-order chi connectivity index (χ1) is 8.72. The van der Waals surface area contributed by atoms with Gasteiger partial charge in [0.05, 0.1) is 18.2 Å². The van der Waals surface area contributed by atoms with E-state index in [-0.39, 0.29) is 5.82 Å². The fraction of sp³-hybridized carbons (Fsp3) is 0.357. The second kappa shape index (κ2) is 4.12. The summed E-state index contributed by atoms with van der Waals surface area (Å²) >= 11 is 0. The molecular formula is C14H14FNO2. The van der Waals surface area contributed by atoms with Crippen LogP contribution in [0.3, 0.4) is 0 Å². The van der Waals surface area contributed by atoms with Crippen LogP contribution in [0.5, 0.6) is 0 Å². The summed E-state index contributed by atoms with van der Waals surface area (Å²) in [7, 11) is 1.35. The first-order valence-corrected chi connectivity index (χ1v) is 6.10. The van der Waals surface area contributed by atoms with Crippen molar-refractivity contribution in [2.24, 2.45) is 0 Å². The molecule has 94 valence electrons. The number of benzene rings is 1. The Morgan fingerprint density at radius 2 is 2.22 bits per heavy atom. The summed E-state index contributed by atoms with van der Waals surface area (Å²) in [5.74, 6) is -0.400. The molecule has 1 fully saturated rings. The topological polar surface area (TPSA) is 42.1 Å². The zero-order chi connectivity index (χ0) is 12.7. The van der Waals surface area contributed by atoms with E-state index in [4.69, 9.17) is 4.74 Å². The average Bonchev–Trinajstić information content (AvgIpc) is 2.66. The second-order valence-corrected chi connectivity index (χ2v) is 4.70. The molecule has 1 saturated carbocycles. The van der Waals surface area contributed by atoms with E-state index >= 15 is 0 Å². The Morgan fingerprint density at radius 1 is 1.44 bits per heavy atom. The number of rotatable bonds is 2. The van der Waals surface area contributed by atoms with Crippen LogP contribution in [-0.2, 0) is 4.74 Å². The van der Waals surface area contributed by atoms with Crippen LogP contribution < -0.4 is 0 Å². The molecule has 0 aliphatic heterocycles. The highest BCUT2D eigenvalue weighted by atomic mass is 19.1. The van der Waals surface area contributed by atoms with E-state index in [9.17, 15) is 9.18 Å². The molecule has 1 heterocycles. The van der Waals surface area contributed by atoms with E-state index in [1.807, 2.05) is 0 Å². The van der Waals surface area contributed by atoms with E-state index in [0.29, 0.717) is 22.4 Å². The quantitative estimate of drug-likeness (QED) is 0.827. The highest BCUT2D eigenvalue weighted by Crippen LogP contribution is 2.40. The van der Waals surface area contributed by atoms with E-state index < -0.39 is 5.97 Å². The van der Waals surface area contributed by atoms with Crippen LogP contribution in [0.15, 0.2) is 18.2 Å². The number of para-hydroxylation sites is 1. The number of methoxy groups -OCH3 is 1. The number of nitrogens with one attached hydrogen (secondary N) is 1. The maximum absolute atomic E-state index is 13.7. The molecule has 1 N–H and O–H groups in total. The number of aromatic nitrogens is 1. The molecule has 1 aromatic carbocycles. The van der Waals surface area contributed by atoms with Gasteiger partial charge < -0.3 is 9.72 Å². The molecule has 4 heteroatoms. The predicted octanol–water partition coefficient (Wildman–Crippen LogP) is 3.36. The molecule has 0 saturated heterocycles. The third-order valence-electron chi connectivity index (χ3n) is 3.71. The van der Waals surface area contributed by atoms with Gasteiger partial charge in [-0.3, -0.25) is 0 Å². The van der Waals surface area contributed by atoms with Crippen molar-refractivity contribution in [2.45, 2.75) is 25.2 Å². The average molecular weight is 247 g/mol. The number of esters is 1. The van der Waals surface area contributed by atoms with Gasteiger partial charge in [0.1, 0.15) is 5.82 Å². The summed E-state index contributed by atoms with van der Waals surface area (Å²) in [6.07, 6.45) is 3.24. The Hall–Kier alpha value is -1.84. The van der Waals surface area contributed by atoms with Crippen LogP contribution in [0.25, 0.3) is 10.9 Å². The highest BCUT2D eigenvalue weighted by Gasteiger charge is 2.29. The normalized spacial score (nSPS) is 15.7. The lowest BCUT2D eigenvalue weighted by Gasteiger charge is -2.25. The number of halogens is 1. The van der Waals surface area contributed by atoms with Gasteiger partial charge in [0, 0.05) is 11.1 Å². The second-order valence-electron chi connectivity index (χ2n) is 4.70. The Balaban J connectivity index is 2.26. The van der Waals surface area contributed by atoms with E-state index in [1.54, 1.807) is 12.1 Å². The van der Waals surface area contributed by atoms with Crippen LogP contribution >= 0.6 is 0 Å². The minimum Gasteiger partial charge on any atom is -0.465 e. The summed E-state index contributed by atoms with van der Waals surface area (Å²) < 4.78 is 18.6. The van der Waals surface area contributed by atoms with Crippen molar-refractivity contribution < 1.29 is 13.9 Å². The van der Waals surface area contributed by atoms with Crippen molar-refractivity contribution in [3.8, 4) is 0 Å². The summed E-state index contributed by atoms with van der Waals surface area (Å²) in [5, 5.41) is 0.615. The predicted molar refractivity (Wildman–Crippen MR) is 66.2 cm³/mol. The molecular weight excluding hydrogens is 233 g/mol. The van der Waals surface area contributed by atoms with Gasteiger partial charge in [-0.15, -0.1) is 0 Å². The molecule has 1 aliphatic carbocycles. The molecule has 0 radical (unpaired) electrons. The largest absolute Gasteiger partial charge is 0.465 e. The summed E-state index contributed by atoms with van der Waals surface area (Å²) in [6.45, 7) is 0. The number of H-pyrrole nitrogens is 1. The number of carbonyl (C=O) groups is 1. The van der Waals surface area contributed by atoms with Crippen LogP contribution in [0.4, 0.5) is 4.39 Å². The fourth-order valence-electron chi connectivity index (χ4n) is 2.53. The standard InChI is InChI=1S/C14H14FNO2/c1-18-14(17)11-9-6-3-7-10(15)13(9)16-12(11)8-4-2-5-8/h3,6-8,16H,2,4-5H2,1H3. The SMILES string of the molecule is COC(=O)c1c(C2CCC2)[nH]c2c(F)cccc12. The van der Waals surface area contributed by atoms with Crippen LogP contribution in [-0.4, -0.2) is 18.1 Å². The van der Waals surface area contributed by atoms with Gasteiger partial charge in [-0.1, -0.05) is 18.6 Å².